The van der Waals surface area contributed by atoms with E-state index >= 15 is 0 Å². The van der Waals surface area contributed by atoms with Crippen LogP contribution in [0.4, 0.5) is 5.69 Å². The van der Waals surface area contributed by atoms with E-state index in [1.807, 2.05) is 42.2 Å². The van der Waals surface area contributed by atoms with Gasteiger partial charge in [0.2, 0.25) is 5.91 Å². The first-order valence-electron chi connectivity index (χ1n) is 7.51. The van der Waals surface area contributed by atoms with E-state index in [9.17, 15) is 4.79 Å². The first-order valence-corrected chi connectivity index (χ1v) is 7.51. The maximum Gasteiger partial charge on any atom is 0.233 e. The second-order valence-corrected chi connectivity index (χ2v) is 6.38. The zero-order valence-corrected chi connectivity index (χ0v) is 12.2. The summed E-state index contributed by atoms with van der Waals surface area (Å²) in [5.74, 6) is 0.149. The molecule has 3 heteroatoms. The summed E-state index contributed by atoms with van der Waals surface area (Å²) < 4.78 is 6.20. The van der Waals surface area contributed by atoms with Crippen molar-refractivity contribution in [1.82, 2.24) is 0 Å². The summed E-state index contributed by atoms with van der Waals surface area (Å²) in [7, 11) is 0. The SMILES string of the molecule is C=C(C)C[C@H]1N(c2ccccc2)C(=O)[C@@H]2C[C@H]3C=C[C@]21O3. The van der Waals surface area contributed by atoms with Gasteiger partial charge in [-0.15, -0.1) is 6.58 Å². The van der Waals surface area contributed by atoms with Crippen molar-refractivity contribution < 1.29 is 9.53 Å². The number of fused-ring (bicyclic) bond motifs is 1. The smallest absolute Gasteiger partial charge is 0.233 e. The van der Waals surface area contributed by atoms with Crippen LogP contribution in [0, 0.1) is 5.92 Å². The van der Waals surface area contributed by atoms with Crippen molar-refractivity contribution in [2.75, 3.05) is 4.90 Å². The fourth-order valence-corrected chi connectivity index (χ4v) is 4.06. The van der Waals surface area contributed by atoms with Gasteiger partial charge in [0.1, 0.15) is 5.60 Å². The van der Waals surface area contributed by atoms with Gasteiger partial charge in [-0.3, -0.25) is 4.79 Å². The number of carbonyl (C=O) groups is 1. The molecule has 0 aliphatic carbocycles. The maximum atomic E-state index is 12.9. The Kier molecular flexibility index (Phi) is 2.64. The summed E-state index contributed by atoms with van der Waals surface area (Å²) >= 11 is 0. The molecular formula is C18H19NO2. The fraction of sp³-hybridized carbons (Fsp3) is 0.389. The van der Waals surface area contributed by atoms with Crippen LogP contribution in [0.2, 0.25) is 0 Å². The summed E-state index contributed by atoms with van der Waals surface area (Å²) in [6.45, 7) is 6.06. The van der Waals surface area contributed by atoms with E-state index in [2.05, 4.69) is 18.7 Å². The summed E-state index contributed by atoms with van der Waals surface area (Å²) in [5, 5.41) is 0. The normalized spacial score (nSPS) is 36.3. The lowest BCUT2D eigenvalue weighted by molar-refractivity contribution is -0.121. The number of rotatable bonds is 3. The molecule has 1 amide bonds. The Morgan fingerprint density at radius 1 is 1.43 bits per heavy atom. The number of ether oxygens (including phenoxy) is 1. The lowest BCUT2D eigenvalue weighted by Gasteiger charge is -2.33. The zero-order chi connectivity index (χ0) is 14.6. The van der Waals surface area contributed by atoms with Crippen molar-refractivity contribution in [2.45, 2.75) is 37.5 Å². The van der Waals surface area contributed by atoms with Gasteiger partial charge in [0, 0.05) is 5.69 Å². The first kappa shape index (κ1) is 12.8. The largest absolute Gasteiger partial charge is 0.361 e. The van der Waals surface area contributed by atoms with E-state index in [-0.39, 0.29) is 24.0 Å². The van der Waals surface area contributed by atoms with Crippen LogP contribution < -0.4 is 4.90 Å². The molecule has 4 rings (SSSR count). The molecule has 3 aliphatic rings. The van der Waals surface area contributed by atoms with Crippen molar-refractivity contribution >= 4 is 11.6 Å². The molecular weight excluding hydrogens is 262 g/mol. The summed E-state index contributed by atoms with van der Waals surface area (Å²) in [6.07, 6.45) is 5.94. The highest BCUT2D eigenvalue weighted by Gasteiger charge is 2.65. The number of nitrogens with zero attached hydrogens (tertiary/aromatic N) is 1. The average molecular weight is 281 g/mol. The van der Waals surface area contributed by atoms with Crippen LogP contribution in [0.1, 0.15) is 19.8 Å². The number of anilines is 1. The molecule has 0 radical (unpaired) electrons. The summed E-state index contributed by atoms with van der Waals surface area (Å²) in [6, 6.07) is 9.92. The van der Waals surface area contributed by atoms with Gasteiger partial charge in [-0.25, -0.2) is 0 Å². The molecule has 4 atom stereocenters. The van der Waals surface area contributed by atoms with Gasteiger partial charge in [-0.05, 0) is 31.9 Å². The Morgan fingerprint density at radius 3 is 2.86 bits per heavy atom. The van der Waals surface area contributed by atoms with Crippen LogP contribution in [0.15, 0.2) is 54.6 Å². The van der Waals surface area contributed by atoms with E-state index in [4.69, 9.17) is 4.74 Å². The standard InChI is InChI=1S/C18H19NO2/c1-12(2)10-16-18-9-8-14(21-18)11-15(18)17(20)19(16)13-6-4-3-5-7-13/h3-9,14-16H,1,10-11H2,2H3/t14-,15+,16-,18+/m1/s1. The lowest BCUT2D eigenvalue weighted by Crippen LogP contribution is -2.45. The zero-order valence-electron chi connectivity index (χ0n) is 12.2. The van der Waals surface area contributed by atoms with Crippen molar-refractivity contribution in [3.8, 4) is 0 Å². The van der Waals surface area contributed by atoms with Crippen LogP contribution in [0.5, 0.6) is 0 Å². The van der Waals surface area contributed by atoms with Gasteiger partial charge in [-0.1, -0.05) is 35.9 Å². The van der Waals surface area contributed by atoms with Crippen molar-refractivity contribution in [2.24, 2.45) is 5.92 Å². The van der Waals surface area contributed by atoms with Gasteiger partial charge in [0.25, 0.3) is 0 Å². The first-order chi connectivity index (χ1) is 10.1. The molecule has 0 N–H and O–H groups in total. The molecule has 3 aliphatic heterocycles. The molecule has 0 unspecified atom stereocenters. The highest BCUT2D eigenvalue weighted by atomic mass is 16.5. The van der Waals surface area contributed by atoms with E-state index in [1.165, 1.54) is 0 Å². The van der Waals surface area contributed by atoms with Gasteiger partial charge in [0.15, 0.2) is 0 Å². The second-order valence-electron chi connectivity index (χ2n) is 6.38. The molecule has 1 aromatic rings. The van der Waals surface area contributed by atoms with E-state index in [0.717, 1.165) is 24.1 Å². The topological polar surface area (TPSA) is 29.5 Å². The minimum Gasteiger partial charge on any atom is -0.361 e. The maximum absolute atomic E-state index is 12.9. The third-order valence-electron chi connectivity index (χ3n) is 4.88. The number of amides is 1. The highest BCUT2D eigenvalue weighted by Crippen LogP contribution is 2.54. The lowest BCUT2D eigenvalue weighted by atomic mass is 9.80. The van der Waals surface area contributed by atoms with Crippen molar-refractivity contribution in [3.05, 3.63) is 54.6 Å². The van der Waals surface area contributed by atoms with Crippen LogP contribution >= 0.6 is 0 Å². The van der Waals surface area contributed by atoms with Crippen molar-refractivity contribution in [3.63, 3.8) is 0 Å². The van der Waals surface area contributed by atoms with Crippen LogP contribution in [0.3, 0.4) is 0 Å². The van der Waals surface area contributed by atoms with E-state index in [1.54, 1.807) is 0 Å². The van der Waals surface area contributed by atoms with Gasteiger partial charge in [0.05, 0.1) is 18.1 Å². The molecule has 3 nitrogen and oxygen atoms in total. The Bertz CT molecular complexity index is 636. The van der Waals surface area contributed by atoms with Crippen LogP contribution in [-0.4, -0.2) is 23.7 Å². The number of benzene rings is 1. The molecule has 0 aromatic heterocycles. The second kappa shape index (κ2) is 4.31. The van der Waals surface area contributed by atoms with E-state index < -0.39 is 5.60 Å². The Morgan fingerprint density at radius 2 is 2.19 bits per heavy atom. The Balaban J connectivity index is 1.81. The summed E-state index contributed by atoms with van der Waals surface area (Å²) in [5.41, 5.74) is 1.59. The monoisotopic (exact) mass is 281 g/mol. The number of hydrogen-bond acceptors (Lipinski definition) is 2. The molecule has 2 bridgehead atoms. The molecule has 3 heterocycles. The predicted octanol–water partition coefficient (Wildman–Crippen LogP) is 3.08. The average Bonchev–Trinajstić information content (AvgIpc) is 3.11. The minimum absolute atomic E-state index is 0.0126. The third-order valence-corrected chi connectivity index (χ3v) is 4.88. The number of para-hydroxylation sites is 1. The molecule has 21 heavy (non-hydrogen) atoms. The van der Waals surface area contributed by atoms with Gasteiger partial charge < -0.3 is 9.64 Å². The quantitative estimate of drug-likeness (QED) is 0.797. The van der Waals surface area contributed by atoms with Crippen LogP contribution in [-0.2, 0) is 9.53 Å². The summed E-state index contributed by atoms with van der Waals surface area (Å²) in [4.78, 5) is 14.9. The Hall–Kier alpha value is -1.87. The molecule has 2 saturated heterocycles. The van der Waals surface area contributed by atoms with Crippen LogP contribution in [0.25, 0.3) is 0 Å². The van der Waals surface area contributed by atoms with E-state index in [0.29, 0.717) is 0 Å². The fourth-order valence-electron chi connectivity index (χ4n) is 4.06. The highest BCUT2D eigenvalue weighted by molar-refractivity contribution is 6.00. The number of carbonyl (C=O) groups excluding carboxylic acids is 1. The molecule has 108 valence electrons. The van der Waals surface area contributed by atoms with Crippen molar-refractivity contribution in [1.29, 1.82) is 0 Å². The molecule has 1 spiro atoms. The van der Waals surface area contributed by atoms with Gasteiger partial charge >= 0.3 is 0 Å². The molecule has 0 saturated carbocycles. The molecule has 1 aromatic carbocycles. The van der Waals surface area contributed by atoms with Gasteiger partial charge in [-0.2, -0.15) is 0 Å². The molecule has 2 fully saturated rings. The Labute approximate surface area is 124 Å². The number of hydrogen-bond donors (Lipinski definition) is 0. The third kappa shape index (κ3) is 1.67. The predicted molar refractivity (Wildman–Crippen MR) is 82.0 cm³/mol. The minimum atomic E-state index is -0.448.